The molecule has 0 N–H and O–H groups in total. The third kappa shape index (κ3) is 3.21. The van der Waals surface area contributed by atoms with Crippen molar-refractivity contribution in [3.63, 3.8) is 0 Å². The van der Waals surface area contributed by atoms with E-state index >= 15 is 0 Å². The first-order valence-electron chi connectivity index (χ1n) is 6.43. The van der Waals surface area contributed by atoms with Gasteiger partial charge in [0, 0.05) is 0 Å². The Balaban J connectivity index is 0.000000771. The molecule has 0 aromatic heterocycles. The fourth-order valence-electron chi connectivity index (χ4n) is 1.77. The van der Waals surface area contributed by atoms with Crippen LogP contribution in [0, 0.1) is 11.3 Å². The normalized spacial score (nSPS) is 9.00. The summed E-state index contributed by atoms with van der Waals surface area (Å²) in [4.78, 5) is 0. The first-order chi connectivity index (χ1) is 8.85. The van der Waals surface area contributed by atoms with Gasteiger partial charge in [-0.1, -0.05) is 63.2 Å². The van der Waals surface area contributed by atoms with E-state index in [4.69, 9.17) is 5.26 Å². The van der Waals surface area contributed by atoms with Crippen LogP contribution in [0.3, 0.4) is 0 Å². The van der Waals surface area contributed by atoms with Gasteiger partial charge in [-0.05, 0) is 29.2 Å². The van der Waals surface area contributed by atoms with Crippen molar-refractivity contribution in [2.75, 3.05) is 0 Å². The molecule has 0 saturated heterocycles. The molecule has 1 nitrogen and oxygen atoms in total. The van der Waals surface area contributed by atoms with Crippen LogP contribution < -0.4 is 0 Å². The minimum Gasteiger partial charge on any atom is -0.192 e. The maximum Gasteiger partial charge on any atom is 0.0998 e. The first-order valence-corrected chi connectivity index (χ1v) is 6.43. The molecule has 0 bridgehead atoms. The number of hydrogen-bond donors (Lipinski definition) is 0. The van der Waals surface area contributed by atoms with Gasteiger partial charge in [-0.15, -0.1) is 0 Å². The minimum atomic E-state index is 0.755. The lowest BCUT2D eigenvalue weighted by atomic mass is 9.97. The van der Waals surface area contributed by atoms with E-state index in [1.54, 1.807) is 0 Å². The number of nitrogens with zero attached hydrogens (tertiary/aromatic N) is 1. The van der Waals surface area contributed by atoms with E-state index in [0.717, 1.165) is 23.1 Å². The molecular formula is C17H19N. The molecule has 0 aliphatic heterocycles. The van der Waals surface area contributed by atoms with E-state index in [9.17, 15) is 0 Å². The van der Waals surface area contributed by atoms with Crippen LogP contribution in [-0.4, -0.2) is 0 Å². The van der Waals surface area contributed by atoms with Crippen molar-refractivity contribution in [1.29, 1.82) is 5.26 Å². The lowest BCUT2D eigenvalue weighted by molar-refractivity contribution is 1.14. The van der Waals surface area contributed by atoms with Gasteiger partial charge in [0.1, 0.15) is 0 Å². The van der Waals surface area contributed by atoms with Crippen LogP contribution in [-0.2, 0) is 6.42 Å². The van der Waals surface area contributed by atoms with Crippen molar-refractivity contribution < 1.29 is 0 Å². The molecule has 2 aromatic carbocycles. The number of rotatable bonds is 2. The van der Waals surface area contributed by atoms with E-state index < -0.39 is 0 Å². The molecule has 0 fully saturated rings. The molecule has 0 unspecified atom stereocenters. The fourth-order valence-corrected chi connectivity index (χ4v) is 1.77. The summed E-state index contributed by atoms with van der Waals surface area (Å²) in [6, 6.07) is 18.4. The average molecular weight is 237 g/mol. The van der Waals surface area contributed by atoms with Crippen LogP contribution in [0.1, 0.15) is 31.9 Å². The van der Waals surface area contributed by atoms with E-state index in [2.05, 4.69) is 19.1 Å². The summed E-state index contributed by atoms with van der Waals surface area (Å²) >= 11 is 0. The topological polar surface area (TPSA) is 23.8 Å². The van der Waals surface area contributed by atoms with Crippen molar-refractivity contribution >= 4 is 0 Å². The molecule has 0 atom stereocenters. The predicted molar refractivity (Wildman–Crippen MR) is 77.3 cm³/mol. The summed E-state index contributed by atoms with van der Waals surface area (Å²) < 4.78 is 0. The molecule has 0 heterocycles. The van der Waals surface area contributed by atoms with Crippen LogP contribution in [0.5, 0.6) is 0 Å². The zero-order chi connectivity index (χ0) is 13.4. The summed E-state index contributed by atoms with van der Waals surface area (Å²) in [6.07, 6.45) is 0.962. The average Bonchev–Trinajstić information content (AvgIpc) is 2.49. The van der Waals surface area contributed by atoms with Crippen molar-refractivity contribution in [1.82, 2.24) is 0 Å². The molecule has 1 heteroatoms. The van der Waals surface area contributed by atoms with Gasteiger partial charge in [-0.2, -0.15) is 5.26 Å². The number of aryl methyl sites for hydroxylation is 1. The third-order valence-electron chi connectivity index (χ3n) is 2.70. The second-order valence-electron chi connectivity index (χ2n) is 3.71. The molecule has 0 aliphatic carbocycles. The van der Waals surface area contributed by atoms with Gasteiger partial charge in [0.25, 0.3) is 0 Å². The third-order valence-corrected chi connectivity index (χ3v) is 2.70. The minimum absolute atomic E-state index is 0.755. The van der Waals surface area contributed by atoms with Gasteiger partial charge in [-0.25, -0.2) is 0 Å². The highest BCUT2D eigenvalue weighted by Gasteiger charge is 2.04. The van der Waals surface area contributed by atoms with Crippen LogP contribution in [0.2, 0.25) is 0 Å². The number of hydrogen-bond acceptors (Lipinski definition) is 1. The Labute approximate surface area is 110 Å². The molecule has 18 heavy (non-hydrogen) atoms. The van der Waals surface area contributed by atoms with Crippen molar-refractivity contribution in [3.8, 4) is 17.2 Å². The second kappa shape index (κ2) is 7.29. The highest BCUT2D eigenvalue weighted by molar-refractivity contribution is 5.70. The zero-order valence-electron chi connectivity index (χ0n) is 11.3. The highest BCUT2D eigenvalue weighted by Crippen LogP contribution is 2.24. The van der Waals surface area contributed by atoms with Crippen LogP contribution >= 0.6 is 0 Å². The fraction of sp³-hybridized carbons (Fsp3) is 0.235. The molecule has 0 spiro atoms. The Morgan fingerprint density at radius 3 is 2.22 bits per heavy atom. The standard InChI is InChI=1S/C15H13N.C2H6/c1-2-12-8-9-15(14(10-12)11-16)13-6-4-3-5-7-13;1-2/h3-10H,2H2,1H3;1-2H3. The lowest BCUT2D eigenvalue weighted by Gasteiger charge is -2.05. The van der Waals surface area contributed by atoms with Crippen molar-refractivity contribution in [3.05, 3.63) is 59.7 Å². The van der Waals surface area contributed by atoms with Crippen LogP contribution in [0.4, 0.5) is 0 Å². The first kappa shape index (κ1) is 14.0. The largest absolute Gasteiger partial charge is 0.192 e. The summed E-state index contributed by atoms with van der Waals surface area (Å²) in [7, 11) is 0. The van der Waals surface area contributed by atoms with Gasteiger partial charge in [0.05, 0.1) is 11.6 Å². The Morgan fingerprint density at radius 1 is 1.00 bits per heavy atom. The maximum absolute atomic E-state index is 9.15. The van der Waals surface area contributed by atoms with E-state index in [0.29, 0.717) is 0 Å². The Hall–Kier alpha value is -2.07. The van der Waals surface area contributed by atoms with Crippen molar-refractivity contribution in [2.24, 2.45) is 0 Å². The summed E-state index contributed by atoms with van der Waals surface area (Å²) in [6.45, 7) is 6.10. The lowest BCUT2D eigenvalue weighted by Crippen LogP contribution is -1.87. The van der Waals surface area contributed by atoms with Gasteiger partial charge in [-0.3, -0.25) is 0 Å². The molecule has 0 aliphatic rings. The number of nitriles is 1. The Bertz CT molecular complexity index is 521. The van der Waals surface area contributed by atoms with Crippen LogP contribution in [0.25, 0.3) is 11.1 Å². The number of benzene rings is 2. The van der Waals surface area contributed by atoms with Gasteiger partial charge in [0.15, 0.2) is 0 Å². The molecule has 92 valence electrons. The Morgan fingerprint density at radius 2 is 1.67 bits per heavy atom. The SMILES string of the molecule is CC.CCc1ccc(-c2ccccc2)c(C#N)c1. The Kier molecular flexibility index (Phi) is 5.67. The molecule has 0 radical (unpaired) electrons. The molecule has 2 aromatic rings. The monoisotopic (exact) mass is 237 g/mol. The highest BCUT2D eigenvalue weighted by atomic mass is 14.2. The molecular weight excluding hydrogens is 218 g/mol. The van der Waals surface area contributed by atoms with Gasteiger partial charge in [0.2, 0.25) is 0 Å². The predicted octanol–water partition coefficient (Wildman–Crippen LogP) is 4.81. The second-order valence-corrected chi connectivity index (χ2v) is 3.71. The van der Waals surface area contributed by atoms with Gasteiger partial charge < -0.3 is 0 Å². The summed E-state index contributed by atoms with van der Waals surface area (Å²) in [5.74, 6) is 0. The quantitative estimate of drug-likeness (QED) is 0.735. The van der Waals surface area contributed by atoms with Crippen molar-refractivity contribution in [2.45, 2.75) is 27.2 Å². The summed E-state index contributed by atoms with van der Waals surface area (Å²) in [5, 5.41) is 9.15. The molecule has 2 rings (SSSR count). The van der Waals surface area contributed by atoms with Gasteiger partial charge >= 0.3 is 0 Å². The zero-order valence-corrected chi connectivity index (χ0v) is 11.3. The van der Waals surface area contributed by atoms with E-state index in [-0.39, 0.29) is 0 Å². The molecule has 0 saturated carbocycles. The van der Waals surface area contributed by atoms with Crippen LogP contribution in [0.15, 0.2) is 48.5 Å². The van der Waals surface area contributed by atoms with E-state index in [1.807, 2.05) is 56.3 Å². The molecule has 0 amide bonds. The smallest absolute Gasteiger partial charge is 0.0998 e. The summed E-state index contributed by atoms with van der Waals surface area (Å²) in [5.41, 5.74) is 4.07. The van der Waals surface area contributed by atoms with E-state index in [1.165, 1.54) is 5.56 Å². The maximum atomic E-state index is 9.15.